The van der Waals surface area contributed by atoms with Crippen molar-refractivity contribution < 1.29 is 13.2 Å². The summed E-state index contributed by atoms with van der Waals surface area (Å²) in [6.07, 6.45) is 6.90. The Balaban J connectivity index is 1.28. The van der Waals surface area contributed by atoms with Gasteiger partial charge >= 0.3 is 0 Å². The summed E-state index contributed by atoms with van der Waals surface area (Å²) < 4.78 is 34.5. The van der Waals surface area contributed by atoms with Crippen LogP contribution in [-0.4, -0.2) is 45.3 Å². The lowest BCUT2D eigenvalue weighted by Crippen LogP contribution is -2.59. The quantitative estimate of drug-likeness (QED) is 0.764. The molecular weight excluding hydrogens is 376 g/mol. The van der Waals surface area contributed by atoms with Gasteiger partial charge in [-0.3, -0.25) is 5.01 Å². The van der Waals surface area contributed by atoms with Crippen LogP contribution in [0.3, 0.4) is 0 Å². The van der Waals surface area contributed by atoms with E-state index in [9.17, 15) is 8.42 Å². The van der Waals surface area contributed by atoms with Gasteiger partial charge in [-0.25, -0.2) is 13.1 Å². The topological polar surface area (TPSA) is 83.4 Å². The molecule has 0 amide bonds. The van der Waals surface area contributed by atoms with Gasteiger partial charge in [0.1, 0.15) is 0 Å². The molecule has 1 saturated heterocycles. The van der Waals surface area contributed by atoms with E-state index >= 15 is 0 Å². The highest BCUT2D eigenvalue weighted by Gasteiger charge is 2.52. The minimum atomic E-state index is -3.52. The van der Waals surface area contributed by atoms with Crippen molar-refractivity contribution in [3.63, 3.8) is 0 Å². The van der Waals surface area contributed by atoms with Crippen molar-refractivity contribution in [2.45, 2.75) is 49.0 Å². The summed E-state index contributed by atoms with van der Waals surface area (Å²) in [6, 6.07) is 6.71. The first-order valence-corrected chi connectivity index (χ1v) is 11.9. The van der Waals surface area contributed by atoms with Gasteiger partial charge in [0.05, 0.1) is 36.9 Å². The summed E-state index contributed by atoms with van der Waals surface area (Å²) in [6.45, 7) is 2.77. The minimum absolute atomic E-state index is 0.220. The van der Waals surface area contributed by atoms with Gasteiger partial charge in [-0.15, -0.1) is 5.11 Å². The predicted molar refractivity (Wildman–Crippen MR) is 105 cm³/mol. The van der Waals surface area contributed by atoms with Crippen molar-refractivity contribution in [1.29, 1.82) is 0 Å². The van der Waals surface area contributed by atoms with E-state index in [0.717, 1.165) is 32.4 Å². The van der Waals surface area contributed by atoms with E-state index in [0.29, 0.717) is 41.6 Å². The Labute approximate surface area is 166 Å². The number of nitrogens with one attached hydrogen (secondary N) is 1. The molecule has 0 aromatic heterocycles. The van der Waals surface area contributed by atoms with Crippen molar-refractivity contribution in [2.75, 3.05) is 26.3 Å². The van der Waals surface area contributed by atoms with Gasteiger partial charge in [0, 0.05) is 5.54 Å². The van der Waals surface area contributed by atoms with Gasteiger partial charge in [0.25, 0.3) is 0 Å². The van der Waals surface area contributed by atoms with Crippen LogP contribution in [0.25, 0.3) is 0 Å². The number of ether oxygens (including phenoxy) is 1. The fourth-order valence-electron chi connectivity index (χ4n) is 6.03. The third-order valence-corrected chi connectivity index (χ3v) is 8.40. The first-order chi connectivity index (χ1) is 13.5. The van der Waals surface area contributed by atoms with E-state index in [4.69, 9.17) is 4.74 Å². The molecule has 0 spiro atoms. The molecule has 28 heavy (non-hydrogen) atoms. The second-order valence-electron chi connectivity index (χ2n) is 9.05. The summed E-state index contributed by atoms with van der Waals surface area (Å²) in [5.41, 5.74) is 0.433. The van der Waals surface area contributed by atoms with E-state index in [-0.39, 0.29) is 5.54 Å². The molecule has 1 heterocycles. The molecule has 152 valence electrons. The molecule has 4 saturated carbocycles. The summed E-state index contributed by atoms with van der Waals surface area (Å²) >= 11 is 0. The van der Waals surface area contributed by atoms with Gasteiger partial charge in [0.15, 0.2) is 0 Å². The van der Waals surface area contributed by atoms with Crippen LogP contribution in [0.4, 0.5) is 5.69 Å². The van der Waals surface area contributed by atoms with Crippen LogP contribution in [0, 0.1) is 17.8 Å². The summed E-state index contributed by atoms with van der Waals surface area (Å²) in [5, 5.41) is 10.3. The van der Waals surface area contributed by atoms with Crippen LogP contribution in [-0.2, 0) is 14.8 Å². The molecule has 8 heteroatoms. The fourth-order valence-corrected chi connectivity index (χ4v) is 7.46. The molecule has 4 aliphatic carbocycles. The average molecular weight is 405 g/mol. The van der Waals surface area contributed by atoms with Crippen molar-refractivity contribution >= 4 is 15.7 Å². The zero-order valence-corrected chi connectivity index (χ0v) is 16.9. The highest BCUT2D eigenvalue weighted by molar-refractivity contribution is 7.89. The van der Waals surface area contributed by atoms with Gasteiger partial charge < -0.3 is 4.74 Å². The Bertz CT molecular complexity index is 811. The SMILES string of the molecule is O=S(=O)(NC12CC3CC(CC(C3)C1)C2)c1ccc(N=NN2CCOCC2)cc1. The van der Waals surface area contributed by atoms with E-state index < -0.39 is 10.0 Å². The van der Waals surface area contributed by atoms with E-state index in [1.807, 2.05) is 5.01 Å². The normalized spacial score (nSPS) is 35.0. The van der Waals surface area contributed by atoms with Crippen LogP contribution in [0.15, 0.2) is 39.5 Å². The Hall–Kier alpha value is -1.51. The van der Waals surface area contributed by atoms with Gasteiger partial charge in [-0.2, -0.15) is 0 Å². The second-order valence-corrected chi connectivity index (χ2v) is 10.7. The molecular formula is C20H28N4O3S. The van der Waals surface area contributed by atoms with Crippen molar-refractivity contribution in [3.05, 3.63) is 24.3 Å². The lowest BCUT2D eigenvalue weighted by molar-refractivity contribution is -0.00810. The zero-order chi connectivity index (χ0) is 19.2. The first-order valence-electron chi connectivity index (χ1n) is 10.4. The number of sulfonamides is 1. The highest BCUT2D eigenvalue weighted by Crippen LogP contribution is 2.55. The molecule has 1 aromatic carbocycles. The number of nitrogens with zero attached hydrogens (tertiary/aromatic N) is 3. The van der Waals surface area contributed by atoms with Crippen molar-refractivity contribution in [3.8, 4) is 0 Å². The molecule has 4 bridgehead atoms. The van der Waals surface area contributed by atoms with Gasteiger partial charge in [-0.1, -0.05) is 5.22 Å². The van der Waals surface area contributed by atoms with E-state index in [1.54, 1.807) is 24.3 Å². The van der Waals surface area contributed by atoms with Crippen LogP contribution in [0.1, 0.15) is 38.5 Å². The molecule has 1 aromatic rings. The summed E-state index contributed by atoms with van der Waals surface area (Å²) in [5.74, 6) is 2.12. The Morgan fingerprint density at radius 2 is 1.54 bits per heavy atom. The maximum absolute atomic E-state index is 13.0. The van der Waals surface area contributed by atoms with Crippen LogP contribution in [0.2, 0.25) is 0 Å². The van der Waals surface area contributed by atoms with Gasteiger partial charge in [-0.05, 0) is 80.5 Å². The van der Waals surface area contributed by atoms with Crippen molar-refractivity contribution in [2.24, 2.45) is 28.1 Å². The third kappa shape index (κ3) is 3.69. The molecule has 0 unspecified atom stereocenters. The first kappa shape index (κ1) is 18.5. The molecule has 1 N–H and O–H groups in total. The molecule has 6 rings (SSSR count). The molecule has 5 fully saturated rings. The van der Waals surface area contributed by atoms with Crippen LogP contribution >= 0.6 is 0 Å². The van der Waals surface area contributed by atoms with E-state index in [2.05, 4.69) is 15.1 Å². The number of hydrogen-bond donors (Lipinski definition) is 1. The average Bonchev–Trinajstić information content (AvgIpc) is 2.66. The molecule has 5 aliphatic rings. The Kier molecular flexibility index (Phi) is 4.68. The largest absolute Gasteiger partial charge is 0.378 e. The predicted octanol–water partition coefficient (Wildman–Crippen LogP) is 3.26. The van der Waals surface area contributed by atoms with E-state index in [1.165, 1.54) is 19.3 Å². The molecule has 7 nitrogen and oxygen atoms in total. The molecule has 0 atom stereocenters. The Morgan fingerprint density at radius 3 is 2.11 bits per heavy atom. The maximum atomic E-state index is 13.0. The summed E-state index contributed by atoms with van der Waals surface area (Å²) in [4.78, 5) is 0.313. The van der Waals surface area contributed by atoms with Crippen LogP contribution < -0.4 is 4.72 Å². The number of rotatable bonds is 5. The third-order valence-electron chi connectivity index (χ3n) is 6.81. The molecule has 0 radical (unpaired) electrons. The number of hydrogen-bond acceptors (Lipinski definition) is 5. The zero-order valence-electron chi connectivity index (χ0n) is 16.1. The fraction of sp³-hybridized carbons (Fsp3) is 0.700. The Morgan fingerprint density at radius 1 is 0.964 bits per heavy atom. The maximum Gasteiger partial charge on any atom is 0.241 e. The van der Waals surface area contributed by atoms with Crippen LogP contribution in [0.5, 0.6) is 0 Å². The number of benzene rings is 1. The highest BCUT2D eigenvalue weighted by atomic mass is 32.2. The lowest BCUT2D eigenvalue weighted by atomic mass is 9.53. The second kappa shape index (κ2) is 7.07. The monoisotopic (exact) mass is 404 g/mol. The minimum Gasteiger partial charge on any atom is -0.378 e. The standard InChI is InChI=1S/C20H28N4O3S/c25-28(26,22-20-12-15-9-16(13-20)11-17(10-15)14-20)19-3-1-18(2-4-19)21-23-24-5-7-27-8-6-24/h1-4,15-17,22H,5-14H2. The number of morpholine rings is 1. The lowest BCUT2D eigenvalue weighted by Gasteiger charge is -2.56. The summed E-state index contributed by atoms with van der Waals surface area (Å²) in [7, 11) is -3.52. The molecule has 1 aliphatic heterocycles. The van der Waals surface area contributed by atoms with Gasteiger partial charge in [0.2, 0.25) is 10.0 Å². The smallest absolute Gasteiger partial charge is 0.241 e. The van der Waals surface area contributed by atoms with Crippen molar-refractivity contribution in [1.82, 2.24) is 9.73 Å².